The molecule has 1 saturated heterocycles. The molecule has 2 aliphatic rings. The highest BCUT2D eigenvalue weighted by atomic mass is 16.5. The number of quaternary nitrogens is 1. The Morgan fingerprint density at radius 2 is 2.07 bits per heavy atom. The zero-order chi connectivity index (χ0) is 18.6. The molecule has 1 N–H and O–H groups in total. The summed E-state index contributed by atoms with van der Waals surface area (Å²) in [4.78, 5) is 1.43. The molecule has 148 valence electrons. The maximum atomic E-state index is 5.97. The molecule has 2 aromatic rings. The molecular weight excluding hydrogens is 342 g/mol. The maximum absolute atomic E-state index is 5.97. The lowest BCUT2D eigenvalue weighted by Crippen LogP contribution is -3.12. The molecule has 3 heterocycles. The summed E-state index contributed by atoms with van der Waals surface area (Å²) in [6.45, 7) is 7.21. The fourth-order valence-corrected chi connectivity index (χ4v) is 4.81. The summed E-state index contributed by atoms with van der Waals surface area (Å²) in [5.74, 6) is 2.45. The number of furan rings is 1. The first-order valence-corrected chi connectivity index (χ1v) is 10.5. The monoisotopic (exact) mass is 374 g/mol. The average molecular weight is 375 g/mol. The number of hydrogen-bond donors (Lipinski definition) is 1. The second-order valence-electron chi connectivity index (χ2n) is 8.40. The summed E-state index contributed by atoms with van der Waals surface area (Å²) in [7, 11) is 0. The van der Waals surface area contributed by atoms with Crippen molar-refractivity contribution in [3.63, 3.8) is 0 Å². The lowest BCUT2D eigenvalue weighted by Gasteiger charge is -2.32. The minimum Gasteiger partial charge on any atom is -0.463 e. The molecule has 0 aromatic carbocycles. The minimum absolute atomic E-state index is 0.218. The second kappa shape index (κ2) is 8.52. The van der Waals surface area contributed by atoms with Crippen LogP contribution in [0.3, 0.4) is 0 Å². The van der Waals surface area contributed by atoms with Crippen molar-refractivity contribution >= 4 is 0 Å². The van der Waals surface area contributed by atoms with E-state index in [1.165, 1.54) is 30.6 Å². The van der Waals surface area contributed by atoms with Crippen LogP contribution in [0.2, 0.25) is 0 Å². The van der Waals surface area contributed by atoms with E-state index in [0.29, 0.717) is 18.1 Å². The van der Waals surface area contributed by atoms with E-state index in [4.69, 9.17) is 9.15 Å². The Kier molecular flexibility index (Phi) is 5.88. The highest BCUT2D eigenvalue weighted by Crippen LogP contribution is 2.31. The summed E-state index contributed by atoms with van der Waals surface area (Å²) >= 11 is 0. The molecule has 4 rings (SSSR count). The van der Waals surface area contributed by atoms with E-state index in [-0.39, 0.29) is 6.04 Å². The van der Waals surface area contributed by atoms with Gasteiger partial charge in [0.25, 0.3) is 0 Å². The first-order valence-electron chi connectivity index (χ1n) is 10.5. The third-order valence-electron chi connectivity index (χ3n) is 6.07. The molecular formula is C20H32N5O2+. The van der Waals surface area contributed by atoms with Gasteiger partial charge in [0, 0.05) is 12.5 Å². The summed E-state index contributed by atoms with van der Waals surface area (Å²) < 4.78 is 13.8. The Bertz CT molecular complexity index is 687. The van der Waals surface area contributed by atoms with Gasteiger partial charge >= 0.3 is 0 Å². The number of nitrogens with one attached hydrogen (secondary N) is 1. The smallest absolute Gasteiger partial charge is 0.209 e. The molecule has 27 heavy (non-hydrogen) atoms. The van der Waals surface area contributed by atoms with Crippen LogP contribution in [0.25, 0.3) is 0 Å². The Morgan fingerprint density at radius 1 is 1.22 bits per heavy atom. The van der Waals surface area contributed by atoms with Crippen LogP contribution in [-0.2, 0) is 11.3 Å². The van der Waals surface area contributed by atoms with Crippen molar-refractivity contribution in [3.05, 3.63) is 30.0 Å². The van der Waals surface area contributed by atoms with Gasteiger partial charge in [-0.1, -0.05) is 26.7 Å². The van der Waals surface area contributed by atoms with Crippen LogP contribution < -0.4 is 4.90 Å². The number of nitrogens with zero attached hydrogens (tertiary/aromatic N) is 4. The predicted octanol–water partition coefficient (Wildman–Crippen LogP) is 2.34. The van der Waals surface area contributed by atoms with Crippen LogP contribution in [-0.4, -0.2) is 39.5 Å². The van der Waals surface area contributed by atoms with Crippen LogP contribution in [0.4, 0.5) is 0 Å². The maximum Gasteiger partial charge on any atom is 0.209 e. The molecule has 7 nitrogen and oxygen atoms in total. The summed E-state index contributed by atoms with van der Waals surface area (Å²) in [5, 5.41) is 13.0. The van der Waals surface area contributed by atoms with Gasteiger partial charge in [0.1, 0.15) is 19.2 Å². The Hall–Kier alpha value is -1.73. The molecule has 1 aliphatic heterocycles. The standard InChI is InChI=1S/C20H31N5O2/c1-15(2)19(20-21-22-23-25(20)16-7-3-4-8-16)24(13-17-9-5-11-26-17)14-18-10-6-12-27-18/h5,9,11,15-16,18-19H,3-4,6-8,10,12-14H2,1-2H3/p+1/t18-,19-/m0/s1. The van der Waals surface area contributed by atoms with Crippen LogP contribution >= 0.6 is 0 Å². The van der Waals surface area contributed by atoms with Crippen molar-refractivity contribution in [1.82, 2.24) is 20.2 Å². The van der Waals surface area contributed by atoms with Gasteiger partial charge in [0.05, 0.1) is 12.3 Å². The molecule has 2 aromatic heterocycles. The third-order valence-corrected chi connectivity index (χ3v) is 6.07. The Balaban J connectivity index is 1.62. The number of hydrogen-bond acceptors (Lipinski definition) is 5. The van der Waals surface area contributed by atoms with E-state index in [9.17, 15) is 0 Å². The van der Waals surface area contributed by atoms with Crippen molar-refractivity contribution in [3.8, 4) is 0 Å². The van der Waals surface area contributed by atoms with E-state index in [2.05, 4.69) is 40.1 Å². The highest BCUT2D eigenvalue weighted by molar-refractivity contribution is 4.97. The Labute approximate surface area is 161 Å². The fourth-order valence-electron chi connectivity index (χ4n) is 4.81. The first kappa shape index (κ1) is 18.6. The van der Waals surface area contributed by atoms with Gasteiger partial charge in [0.15, 0.2) is 11.8 Å². The number of rotatable bonds is 8. The molecule has 0 spiro atoms. The van der Waals surface area contributed by atoms with Gasteiger partial charge in [-0.3, -0.25) is 0 Å². The largest absolute Gasteiger partial charge is 0.463 e. The van der Waals surface area contributed by atoms with Gasteiger partial charge < -0.3 is 14.1 Å². The molecule has 7 heteroatoms. The average Bonchev–Trinajstić information content (AvgIpc) is 3.43. The molecule has 1 saturated carbocycles. The van der Waals surface area contributed by atoms with Crippen molar-refractivity contribution in [2.75, 3.05) is 13.2 Å². The van der Waals surface area contributed by atoms with E-state index in [1.807, 2.05) is 6.07 Å². The van der Waals surface area contributed by atoms with Gasteiger partial charge in [-0.05, 0) is 48.2 Å². The van der Waals surface area contributed by atoms with Gasteiger partial charge in [-0.25, -0.2) is 4.68 Å². The molecule has 0 amide bonds. The normalized spacial score (nSPS) is 23.3. The topological polar surface area (TPSA) is 70.4 Å². The SMILES string of the molecule is CC(C)[C@@H](c1nnnn1C1CCCC1)[NH+](Cc1ccco1)C[C@@H]1CCCO1. The number of tetrazole rings is 1. The second-order valence-corrected chi connectivity index (χ2v) is 8.40. The van der Waals surface area contributed by atoms with E-state index in [0.717, 1.165) is 44.1 Å². The zero-order valence-corrected chi connectivity index (χ0v) is 16.5. The number of aromatic nitrogens is 4. The lowest BCUT2D eigenvalue weighted by molar-refractivity contribution is -0.953. The summed E-state index contributed by atoms with van der Waals surface area (Å²) in [6, 6.07) is 4.69. The summed E-state index contributed by atoms with van der Waals surface area (Å²) in [6.07, 6.45) is 9.28. The van der Waals surface area contributed by atoms with Crippen molar-refractivity contribution in [2.45, 2.75) is 77.1 Å². The third kappa shape index (κ3) is 4.24. The highest BCUT2D eigenvalue weighted by Gasteiger charge is 2.37. The van der Waals surface area contributed by atoms with Crippen LogP contribution in [0.5, 0.6) is 0 Å². The van der Waals surface area contributed by atoms with E-state index < -0.39 is 0 Å². The quantitative estimate of drug-likeness (QED) is 0.768. The molecule has 1 unspecified atom stereocenters. The molecule has 0 radical (unpaired) electrons. The lowest BCUT2D eigenvalue weighted by atomic mass is 10.00. The van der Waals surface area contributed by atoms with E-state index >= 15 is 0 Å². The summed E-state index contributed by atoms with van der Waals surface area (Å²) in [5.41, 5.74) is 0. The van der Waals surface area contributed by atoms with Gasteiger partial charge in [-0.15, -0.1) is 5.10 Å². The van der Waals surface area contributed by atoms with Crippen LogP contribution in [0.15, 0.2) is 22.8 Å². The Morgan fingerprint density at radius 3 is 2.74 bits per heavy atom. The first-order chi connectivity index (χ1) is 13.2. The fraction of sp³-hybridized carbons (Fsp3) is 0.750. The zero-order valence-electron chi connectivity index (χ0n) is 16.5. The molecule has 0 bridgehead atoms. The minimum atomic E-state index is 0.218. The molecule has 1 aliphatic carbocycles. The van der Waals surface area contributed by atoms with Crippen molar-refractivity contribution in [1.29, 1.82) is 0 Å². The molecule has 2 fully saturated rings. The number of ether oxygens (including phenoxy) is 1. The van der Waals surface area contributed by atoms with Crippen LogP contribution in [0, 0.1) is 5.92 Å². The van der Waals surface area contributed by atoms with Crippen molar-refractivity contribution < 1.29 is 14.1 Å². The van der Waals surface area contributed by atoms with Crippen molar-refractivity contribution in [2.24, 2.45) is 5.92 Å². The predicted molar refractivity (Wildman–Crippen MR) is 100 cm³/mol. The van der Waals surface area contributed by atoms with E-state index in [1.54, 1.807) is 6.26 Å². The molecule has 3 atom stereocenters. The van der Waals surface area contributed by atoms with Gasteiger partial charge in [0.2, 0.25) is 5.82 Å². The van der Waals surface area contributed by atoms with Crippen LogP contribution in [0.1, 0.15) is 76.0 Å². The van der Waals surface area contributed by atoms with Gasteiger partial charge in [-0.2, -0.15) is 0 Å².